The molecule has 28 heavy (non-hydrogen) atoms. The van der Waals surface area contributed by atoms with E-state index in [0.717, 1.165) is 36.9 Å². The lowest BCUT2D eigenvalue weighted by molar-refractivity contribution is 0.196. The van der Waals surface area contributed by atoms with E-state index < -0.39 is 0 Å². The Bertz CT molecular complexity index is 987. The summed E-state index contributed by atoms with van der Waals surface area (Å²) in [5.74, 6) is 2.59. The van der Waals surface area contributed by atoms with E-state index in [4.69, 9.17) is 5.10 Å². The summed E-state index contributed by atoms with van der Waals surface area (Å²) in [6, 6.07) is 4.59. The van der Waals surface area contributed by atoms with Gasteiger partial charge >= 0.3 is 0 Å². The second-order valence-electron chi connectivity index (χ2n) is 9.29. The van der Waals surface area contributed by atoms with Crippen LogP contribution in [-0.2, 0) is 12.0 Å². The van der Waals surface area contributed by atoms with Crippen LogP contribution in [0.4, 0.5) is 5.82 Å². The van der Waals surface area contributed by atoms with Crippen LogP contribution in [0.2, 0.25) is 0 Å². The molecule has 1 saturated carbocycles. The van der Waals surface area contributed by atoms with Crippen molar-refractivity contribution < 1.29 is 0 Å². The van der Waals surface area contributed by atoms with Crippen LogP contribution in [0.25, 0.3) is 5.65 Å². The smallest absolute Gasteiger partial charge is 0.178 e. The third-order valence-electron chi connectivity index (χ3n) is 5.89. The van der Waals surface area contributed by atoms with Gasteiger partial charge in [0.05, 0.1) is 6.20 Å². The van der Waals surface area contributed by atoms with Gasteiger partial charge in [0.25, 0.3) is 0 Å². The van der Waals surface area contributed by atoms with Gasteiger partial charge in [-0.05, 0) is 32.0 Å². The Hall–Kier alpha value is -2.48. The molecule has 5 rings (SSSR count). The number of aromatic amines is 1. The summed E-state index contributed by atoms with van der Waals surface area (Å²) in [6.07, 6.45) is 4.59. The van der Waals surface area contributed by atoms with Crippen molar-refractivity contribution in [2.75, 3.05) is 25.0 Å². The van der Waals surface area contributed by atoms with E-state index in [-0.39, 0.29) is 5.41 Å². The van der Waals surface area contributed by atoms with Crippen molar-refractivity contribution in [2.24, 2.45) is 0 Å². The minimum atomic E-state index is -0.0907. The largest absolute Gasteiger partial charge is 0.352 e. The molecule has 2 fully saturated rings. The van der Waals surface area contributed by atoms with Crippen molar-refractivity contribution in [2.45, 2.75) is 57.5 Å². The average molecular weight is 381 g/mol. The Morgan fingerprint density at radius 1 is 1.18 bits per heavy atom. The van der Waals surface area contributed by atoms with Crippen LogP contribution in [-0.4, -0.2) is 61.1 Å². The summed E-state index contributed by atoms with van der Waals surface area (Å²) in [7, 11) is 2.21. The number of hydrogen-bond donors (Lipinski definition) is 1. The molecule has 3 aromatic rings. The van der Waals surface area contributed by atoms with Gasteiger partial charge in [0, 0.05) is 48.3 Å². The van der Waals surface area contributed by atoms with Crippen LogP contribution in [0, 0.1) is 0 Å². The Morgan fingerprint density at radius 3 is 2.68 bits per heavy atom. The zero-order chi connectivity index (χ0) is 19.5. The number of likely N-dealkylation sites (N-methyl/N-ethyl adjacent to an activating group) is 1. The molecule has 2 aliphatic rings. The molecule has 0 spiro atoms. The first-order valence-electron chi connectivity index (χ1n) is 10.1. The van der Waals surface area contributed by atoms with Gasteiger partial charge in [-0.25, -0.2) is 0 Å². The van der Waals surface area contributed by atoms with Gasteiger partial charge < -0.3 is 4.90 Å². The minimum absolute atomic E-state index is 0.0907. The van der Waals surface area contributed by atoms with Crippen LogP contribution in [0.1, 0.15) is 56.6 Å². The summed E-state index contributed by atoms with van der Waals surface area (Å²) in [5.41, 5.74) is 3.40. The number of nitrogens with one attached hydrogen (secondary N) is 1. The lowest BCUT2D eigenvalue weighted by atomic mass is 9.96. The summed E-state index contributed by atoms with van der Waals surface area (Å²) >= 11 is 0. The summed E-state index contributed by atoms with van der Waals surface area (Å²) in [5, 5.41) is 20.9. The van der Waals surface area contributed by atoms with Gasteiger partial charge in [0.2, 0.25) is 0 Å². The number of hydrogen-bond acceptors (Lipinski definition) is 6. The van der Waals surface area contributed by atoms with Crippen LogP contribution in [0.5, 0.6) is 0 Å². The zero-order valence-electron chi connectivity index (χ0n) is 17.1. The summed E-state index contributed by atoms with van der Waals surface area (Å²) in [6.45, 7) is 9.33. The molecule has 1 aliphatic heterocycles. The van der Waals surface area contributed by atoms with E-state index in [2.05, 4.69) is 58.0 Å². The number of fused-ring (bicyclic) bond motifs is 1. The maximum Gasteiger partial charge on any atom is 0.178 e. The monoisotopic (exact) mass is 380 g/mol. The molecule has 0 aromatic carbocycles. The molecule has 1 N–H and O–H groups in total. The normalized spacial score (nSPS) is 18.2. The molecule has 8 heteroatoms. The van der Waals surface area contributed by atoms with Crippen molar-refractivity contribution in [3.63, 3.8) is 0 Å². The summed E-state index contributed by atoms with van der Waals surface area (Å²) < 4.78 is 1.89. The van der Waals surface area contributed by atoms with Gasteiger partial charge in [-0.1, -0.05) is 20.8 Å². The van der Waals surface area contributed by atoms with Crippen molar-refractivity contribution in [1.29, 1.82) is 0 Å². The highest BCUT2D eigenvalue weighted by atomic mass is 15.4. The van der Waals surface area contributed by atoms with Crippen LogP contribution >= 0.6 is 0 Å². The third kappa shape index (κ3) is 3.05. The van der Waals surface area contributed by atoms with Crippen LogP contribution < -0.4 is 4.90 Å². The molecular weight excluding hydrogens is 352 g/mol. The standard InChI is InChI=1S/C20H28N8/c1-20(2,3)19-24-22-16-7-8-17(25-28(16)19)27-11-15(12-27)26(4)10-14-9-21-23-18(14)13-5-6-13/h7-9,13,15H,5-6,10-12H2,1-4H3,(H,21,23). The fourth-order valence-electron chi connectivity index (χ4n) is 3.91. The second-order valence-corrected chi connectivity index (χ2v) is 9.29. The van der Waals surface area contributed by atoms with E-state index in [1.165, 1.54) is 24.1 Å². The molecule has 0 radical (unpaired) electrons. The maximum atomic E-state index is 4.82. The molecule has 148 valence electrons. The zero-order valence-corrected chi connectivity index (χ0v) is 17.1. The molecule has 0 amide bonds. The number of nitrogens with zero attached hydrogens (tertiary/aromatic N) is 7. The van der Waals surface area contributed by atoms with Crippen molar-refractivity contribution in [1.82, 2.24) is 34.9 Å². The van der Waals surface area contributed by atoms with Crippen molar-refractivity contribution in [3.05, 3.63) is 35.4 Å². The molecular formula is C20H28N8. The summed E-state index contributed by atoms with van der Waals surface area (Å²) in [4.78, 5) is 4.76. The van der Waals surface area contributed by atoms with Gasteiger partial charge in [-0.3, -0.25) is 10.00 Å². The first kappa shape index (κ1) is 17.6. The molecule has 1 aliphatic carbocycles. The second kappa shape index (κ2) is 6.27. The highest BCUT2D eigenvalue weighted by Gasteiger charge is 2.33. The van der Waals surface area contributed by atoms with Gasteiger partial charge in [0.1, 0.15) is 5.82 Å². The molecule has 0 bridgehead atoms. The SMILES string of the molecule is CN(Cc1cn[nH]c1C1CC1)C1CN(c2ccc3nnc(C(C)(C)C)n3n2)C1. The number of anilines is 1. The van der Waals surface area contributed by atoms with Gasteiger partial charge in [0.15, 0.2) is 11.5 Å². The molecule has 1 saturated heterocycles. The minimum Gasteiger partial charge on any atom is -0.352 e. The predicted molar refractivity (Wildman–Crippen MR) is 108 cm³/mol. The third-order valence-corrected chi connectivity index (χ3v) is 5.89. The number of rotatable bonds is 5. The Kier molecular flexibility index (Phi) is 3.94. The van der Waals surface area contributed by atoms with Gasteiger partial charge in [-0.2, -0.15) is 9.61 Å². The van der Waals surface area contributed by atoms with Crippen LogP contribution in [0.15, 0.2) is 18.3 Å². The molecule has 3 aromatic heterocycles. The fraction of sp³-hybridized carbons (Fsp3) is 0.600. The quantitative estimate of drug-likeness (QED) is 0.732. The van der Waals surface area contributed by atoms with E-state index >= 15 is 0 Å². The van der Waals surface area contributed by atoms with E-state index in [9.17, 15) is 0 Å². The maximum absolute atomic E-state index is 4.82. The van der Waals surface area contributed by atoms with Crippen molar-refractivity contribution >= 4 is 11.5 Å². The Labute approximate surface area is 164 Å². The lowest BCUT2D eigenvalue weighted by Gasteiger charge is -2.44. The highest BCUT2D eigenvalue weighted by molar-refractivity contribution is 5.48. The van der Waals surface area contributed by atoms with E-state index in [1.807, 2.05) is 22.8 Å². The first-order valence-corrected chi connectivity index (χ1v) is 10.1. The fourth-order valence-corrected chi connectivity index (χ4v) is 3.91. The number of H-pyrrole nitrogens is 1. The molecule has 0 unspecified atom stereocenters. The lowest BCUT2D eigenvalue weighted by Crippen LogP contribution is -2.58. The molecule has 4 heterocycles. The van der Waals surface area contributed by atoms with E-state index in [1.54, 1.807) is 0 Å². The Balaban J connectivity index is 1.26. The van der Waals surface area contributed by atoms with Crippen LogP contribution in [0.3, 0.4) is 0 Å². The first-order chi connectivity index (χ1) is 13.4. The number of aromatic nitrogens is 6. The molecule has 8 nitrogen and oxygen atoms in total. The van der Waals surface area contributed by atoms with E-state index in [0.29, 0.717) is 12.0 Å². The molecule has 0 atom stereocenters. The predicted octanol–water partition coefficient (Wildman–Crippen LogP) is 2.34. The van der Waals surface area contributed by atoms with Gasteiger partial charge in [-0.15, -0.1) is 15.3 Å². The highest BCUT2D eigenvalue weighted by Crippen LogP contribution is 2.40. The topological polar surface area (TPSA) is 78.2 Å². The Morgan fingerprint density at radius 2 is 1.96 bits per heavy atom. The average Bonchev–Trinajstić information content (AvgIpc) is 3.17. The van der Waals surface area contributed by atoms with Crippen molar-refractivity contribution in [3.8, 4) is 0 Å².